The minimum atomic E-state index is -3.44. The van der Waals surface area contributed by atoms with Crippen LogP contribution >= 0.6 is 0 Å². The zero-order valence-corrected chi connectivity index (χ0v) is 12.1. The topological polar surface area (TPSA) is 92.7 Å². The normalized spacial score (nSPS) is 28.8. The molecule has 0 aromatic heterocycles. The predicted molar refractivity (Wildman–Crippen MR) is 73.5 cm³/mol. The smallest absolute Gasteiger partial charge is 0.321 e. The quantitative estimate of drug-likeness (QED) is 0.849. The van der Waals surface area contributed by atoms with Crippen LogP contribution in [0.5, 0.6) is 5.75 Å². The van der Waals surface area contributed by atoms with Gasteiger partial charge in [-0.05, 0) is 24.6 Å². The van der Waals surface area contributed by atoms with Crippen LogP contribution in [0, 0.1) is 0 Å². The maximum absolute atomic E-state index is 12.1. The first-order valence-corrected chi connectivity index (χ1v) is 7.91. The zero-order chi connectivity index (χ0) is 14.9. The van der Waals surface area contributed by atoms with Crippen molar-refractivity contribution >= 4 is 15.8 Å². The van der Waals surface area contributed by atoms with E-state index in [1.54, 1.807) is 38.3 Å². The summed E-state index contributed by atoms with van der Waals surface area (Å²) in [6.45, 7) is 1.59. The molecule has 0 saturated carbocycles. The fraction of sp³-hybridized carbons (Fsp3) is 0.462. The molecule has 0 bridgehead atoms. The first-order valence-electron chi connectivity index (χ1n) is 6.19. The maximum Gasteiger partial charge on any atom is 0.321 e. The highest BCUT2D eigenvalue weighted by Crippen LogP contribution is 2.28. The first-order chi connectivity index (χ1) is 9.35. The minimum absolute atomic E-state index is 0.379. The Morgan fingerprint density at radius 2 is 1.95 bits per heavy atom. The third-order valence-electron chi connectivity index (χ3n) is 3.59. The molecule has 1 heterocycles. The average Bonchev–Trinajstić information content (AvgIpc) is 2.41. The summed E-state index contributed by atoms with van der Waals surface area (Å²) in [5.41, 5.74) is 0.729. The summed E-state index contributed by atoms with van der Waals surface area (Å²) in [6.07, 6.45) is 0. The van der Waals surface area contributed by atoms with Crippen molar-refractivity contribution in [2.75, 3.05) is 12.9 Å². The maximum atomic E-state index is 12.1. The van der Waals surface area contributed by atoms with Crippen molar-refractivity contribution in [2.24, 2.45) is 0 Å². The molecule has 0 aliphatic carbocycles. The van der Waals surface area contributed by atoms with Gasteiger partial charge in [0.15, 0.2) is 9.84 Å². The molecule has 0 spiro atoms. The molecular weight excluding hydrogens is 282 g/mol. The van der Waals surface area contributed by atoms with Gasteiger partial charge < -0.3 is 9.84 Å². The second-order valence-electron chi connectivity index (χ2n) is 4.84. The van der Waals surface area contributed by atoms with Gasteiger partial charge in [-0.2, -0.15) is 0 Å². The number of hydrogen-bond acceptors (Lipinski definition) is 5. The van der Waals surface area contributed by atoms with E-state index in [1.165, 1.54) is 0 Å². The fourth-order valence-corrected chi connectivity index (χ4v) is 3.97. The molecule has 1 aliphatic rings. The predicted octanol–water partition coefficient (Wildman–Crippen LogP) is 0.596. The Hall–Kier alpha value is -1.60. The molecule has 2 N–H and O–H groups in total. The number of carboxylic acids is 1. The summed E-state index contributed by atoms with van der Waals surface area (Å²) in [7, 11) is -1.90. The van der Waals surface area contributed by atoms with E-state index in [1.807, 2.05) is 0 Å². The van der Waals surface area contributed by atoms with E-state index < -0.39 is 33.1 Å². The van der Waals surface area contributed by atoms with Crippen molar-refractivity contribution in [3.05, 3.63) is 29.8 Å². The Bertz CT molecular complexity index is 596. The Kier molecular flexibility index (Phi) is 4.01. The zero-order valence-electron chi connectivity index (χ0n) is 11.2. The van der Waals surface area contributed by atoms with Gasteiger partial charge in [-0.25, -0.2) is 8.42 Å². The van der Waals surface area contributed by atoms with E-state index in [9.17, 15) is 13.2 Å². The Balaban J connectivity index is 2.34. The Morgan fingerprint density at radius 3 is 2.45 bits per heavy atom. The molecular formula is C13H17NO5S. The molecule has 1 saturated heterocycles. The molecule has 1 aromatic carbocycles. The molecule has 110 valence electrons. The lowest BCUT2D eigenvalue weighted by Gasteiger charge is -2.34. The van der Waals surface area contributed by atoms with E-state index in [-0.39, 0.29) is 5.75 Å². The number of nitrogens with one attached hydrogen (secondary N) is 1. The molecule has 2 rings (SSSR count). The van der Waals surface area contributed by atoms with Gasteiger partial charge >= 0.3 is 5.97 Å². The number of methoxy groups -OCH3 is 1. The summed E-state index contributed by atoms with van der Waals surface area (Å²) < 4.78 is 29.2. The van der Waals surface area contributed by atoms with Gasteiger partial charge in [0.2, 0.25) is 0 Å². The molecule has 1 aliphatic heterocycles. The number of carbonyl (C=O) groups is 1. The number of carboxylic acid groups (broad SMARTS) is 1. The highest BCUT2D eigenvalue weighted by Gasteiger charge is 2.41. The van der Waals surface area contributed by atoms with E-state index >= 15 is 0 Å². The van der Waals surface area contributed by atoms with Gasteiger partial charge in [0.1, 0.15) is 11.8 Å². The van der Waals surface area contributed by atoms with E-state index in [0.29, 0.717) is 5.75 Å². The highest BCUT2D eigenvalue weighted by molar-refractivity contribution is 7.92. The number of hydrogen-bond donors (Lipinski definition) is 2. The molecule has 20 heavy (non-hydrogen) atoms. The highest BCUT2D eigenvalue weighted by atomic mass is 32.2. The summed E-state index contributed by atoms with van der Waals surface area (Å²) in [5.74, 6) is -0.871. The lowest BCUT2D eigenvalue weighted by atomic mass is 10.0. The van der Waals surface area contributed by atoms with E-state index in [4.69, 9.17) is 9.84 Å². The van der Waals surface area contributed by atoms with Crippen molar-refractivity contribution in [3.8, 4) is 5.75 Å². The van der Waals surface area contributed by atoms with E-state index in [0.717, 1.165) is 5.56 Å². The Labute approximate surface area is 117 Å². The van der Waals surface area contributed by atoms with Crippen LogP contribution in [0.3, 0.4) is 0 Å². The SMILES string of the molecule is COc1ccc(C2NC(C(=O)O)CS(=O)(=O)C2C)cc1. The van der Waals surface area contributed by atoms with Gasteiger partial charge in [0.25, 0.3) is 0 Å². The van der Waals surface area contributed by atoms with Crippen LogP contribution in [0.2, 0.25) is 0 Å². The molecule has 1 aromatic rings. The van der Waals surface area contributed by atoms with Gasteiger partial charge in [0.05, 0.1) is 18.1 Å². The van der Waals surface area contributed by atoms with Gasteiger partial charge in [-0.3, -0.25) is 10.1 Å². The van der Waals surface area contributed by atoms with Gasteiger partial charge in [-0.1, -0.05) is 12.1 Å². The van der Waals surface area contributed by atoms with Crippen molar-refractivity contribution in [1.29, 1.82) is 0 Å². The summed E-state index contributed by atoms with van der Waals surface area (Å²) >= 11 is 0. The van der Waals surface area contributed by atoms with Crippen LogP contribution in [0.25, 0.3) is 0 Å². The van der Waals surface area contributed by atoms with Crippen molar-refractivity contribution in [3.63, 3.8) is 0 Å². The summed E-state index contributed by atoms with van der Waals surface area (Å²) in [4.78, 5) is 11.1. The van der Waals surface area contributed by atoms with Crippen LogP contribution in [-0.2, 0) is 14.6 Å². The minimum Gasteiger partial charge on any atom is -0.497 e. The molecule has 0 amide bonds. The van der Waals surface area contributed by atoms with Gasteiger partial charge in [0, 0.05) is 6.04 Å². The lowest BCUT2D eigenvalue weighted by molar-refractivity contribution is -0.139. The number of aliphatic carboxylic acids is 1. The molecule has 7 heteroatoms. The summed E-state index contributed by atoms with van der Waals surface area (Å²) in [6, 6.07) is 5.31. The van der Waals surface area contributed by atoms with Crippen LogP contribution in [0.4, 0.5) is 0 Å². The molecule has 0 radical (unpaired) electrons. The Morgan fingerprint density at radius 1 is 1.35 bits per heavy atom. The van der Waals surface area contributed by atoms with Crippen LogP contribution in [-0.4, -0.2) is 43.6 Å². The largest absolute Gasteiger partial charge is 0.497 e. The van der Waals surface area contributed by atoms with Crippen molar-refractivity contribution < 1.29 is 23.1 Å². The van der Waals surface area contributed by atoms with E-state index in [2.05, 4.69) is 5.32 Å². The van der Waals surface area contributed by atoms with Crippen molar-refractivity contribution in [1.82, 2.24) is 5.32 Å². The number of rotatable bonds is 3. The third kappa shape index (κ3) is 2.78. The second-order valence-corrected chi connectivity index (χ2v) is 7.25. The standard InChI is InChI=1S/C13H17NO5S/c1-8-12(9-3-5-10(19-2)6-4-9)14-11(13(15)16)7-20(8,17)18/h3-6,8,11-12,14H,7H2,1-2H3,(H,15,16). The number of sulfone groups is 1. The first kappa shape index (κ1) is 14.8. The van der Waals surface area contributed by atoms with Gasteiger partial charge in [-0.15, -0.1) is 0 Å². The summed E-state index contributed by atoms with van der Waals surface area (Å²) in [5, 5.41) is 11.3. The molecule has 1 fully saturated rings. The molecule has 3 unspecified atom stereocenters. The fourth-order valence-electron chi connectivity index (χ4n) is 2.31. The van der Waals surface area contributed by atoms with Crippen molar-refractivity contribution in [2.45, 2.75) is 24.3 Å². The van der Waals surface area contributed by atoms with Crippen LogP contribution in [0.1, 0.15) is 18.5 Å². The number of benzene rings is 1. The second kappa shape index (κ2) is 5.41. The third-order valence-corrected chi connectivity index (χ3v) is 5.79. The average molecular weight is 299 g/mol. The molecule has 3 atom stereocenters. The van der Waals surface area contributed by atoms with Crippen LogP contribution in [0.15, 0.2) is 24.3 Å². The number of ether oxygens (including phenoxy) is 1. The molecule has 6 nitrogen and oxygen atoms in total. The monoisotopic (exact) mass is 299 g/mol. The van der Waals surface area contributed by atoms with Crippen LogP contribution < -0.4 is 10.1 Å². The lowest BCUT2D eigenvalue weighted by Crippen LogP contribution is -2.54.